The number of fused-ring (bicyclic) bond motifs is 1. The van der Waals surface area contributed by atoms with Gasteiger partial charge in [0.15, 0.2) is 0 Å². The van der Waals surface area contributed by atoms with Gasteiger partial charge in [0.05, 0.1) is 12.4 Å². The van der Waals surface area contributed by atoms with Crippen molar-refractivity contribution in [3.63, 3.8) is 0 Å². The standard InChI is InChI=1S/C13H14F2N2S2/c14-10-6-9-2-1-3-16(12(9)11(15)7-10)8-17-4-5-19-13(17)18/h6-7H,1-5,8H2. The summed E-state index contributed by atoms with van der Waals surface area (Å²) in [6, 6.07) is 2.41. The molecule has 0 amide bonds. The van der Waals surface area contributed by atoms with Crippen molar-refractivity contribution >= 4 is 34.0 Å². The van der Waals surface area contributed by atoms with E-state index in [0.29, 0.717) is 12.4 Å². The molecule has 19 heavy (non-hydrogen) atoms. The van der Waals surface area contributed by atoms with E-state index in [1.165, 1.54) is 6.07 Å². The van der Waals surface area contributed by atoms with E-state index < -0.39 is 11.6 Å². The van der Waals surface area contributed by atoms with Crippen molar-refractivity contribution in [2.24, 2.45) is 0 Å². The molecule has 0 unspecified atom stereocenters. The van der Waals surface area contributed by atoms with E-state index in [4.69, 9.17) is 12.2 Å². The topological polar surface area (TPSA) is 6.48 Å². The Balaban J connectivity index is 1.87. The number of anilines is 1. The van der Waals surface area contributed by atoms with Crippen LogP contribution in [0.1, 0.15) is 12.0 Å². The minimum absolute atomic E-state index is 0.465. The van der Waals surface area contributed by atoms with Gasteiger partial charge in [0.25, 0.3) is 0 Å². The van der Waals surface area contributed by atoms with Gasteiger partial charge in [0.2, 0.25) is 0 Å². The third-order valence-electron chi connectivity index (χ3n) is 3.48. The van der Waals surface area contributed by atoms with E-state index in [1.807, 2.05) is 4.90 Å². The van der Waals surface area contributed by atoms with Gasteiger partial charge in [-0.15, -0.1) is 0 Å². The first-order valence-corrected chi connectivity index (χ1v) is 7.69. The molecule has 102 valence electrons. The first-order valence-electron chi connectivity index (χ1n) is 6.30. The van der Waals surface area contributed by atoms with E-state index >= 15 is 0 Å². The summed E-state index contributed by atoms with van der Waals surface area (Å²) in [6.45, 7) is 2.29. The van der Waals surface area contributed by atoms with Gasteiger partial charge in [-0.05, 0) is 24.5 Å². The zero-order chi connectivity index (χ0) is 13.4. The van der Waals surface area contributed by atoms with Crippen molar-refractivity contribution in [1.29, 1.82) is 0 Å². The van der Waals surface area contributed by atoms with E-state index in [9.17, 15) is 8.78 Å². The predicted octanol–water partition coefficient (Wildman–Crippen LogP) is 3.01. The Morgan fingerprint density at radius 2 is 2.05 bits per heavy atom. The van der Waals surface area contributed by atoms with Gasteiger partial charge in [0, 0.05) is 24.9 Å². The monoisotopic (exact) mass is 300 g/mol. The molecule has 0 aromatic heterocycles. The van der Waals surface area contributed by atoms with Gasteiger partial charge in [-0.2, -0.15) is 0 Å². The number of hydrogen-bond donors (Lipinski definition) is 0. The van der Waals surface area contributed by atoms with E-state index in [-0.39, 0.29) is 0 Å². The average Bonchev–Trinajstić information content (AvgIpc) is 2.74. The van der Waals surface area contributed by atoms with Gasteiger partial charge < -0.3 is 9.80 Å². The third kappa shape index (κ3) is 2.56. The molecule has 2 nitrogen and oxygen atoms in total. The Kier molecular flexibility index (Phi) is 3.62. The van der Waals surface area contributed by atoms with E-state index in [2.05, 4.69) is 4.90 Å². The number of hydrogen-bond acceptors (Lipinski definition) is 3. The highest BCUT2D eigenvalue weighted by Gasteiger charge is 2.26. The van der Waals surface area contributed by atoms with E-state index in [0.717, 1.165) is 47.6 Å². The molecule has 2 aliphatic heterocycles. The maximum Gasteiger partial charge on any atom is 0.149 e. The Hall–Kier alpha value is -0.880. The van der Waals surface area contributed by atoms with Gasteiger partial charge in [0.1, 0.15) is 16.0 Å². The molecule has 1 fully saturated rings. The Bertz CT molecular complexity index is 522. The van der Waals surface area contributed by atoms with Crippen molar-refractivity contribution in [2.75, 3.05) is 30.4 Å². The SMILES string of the molecule is Fc1cc(F)c2c(c1)CCCN2CN1CCSC1=S. The molecule has 1 saturated heterocycles. The van der Waals surface area contributed by atoms with Crippen molar-refractivity contribution in [3.05, 3.63) is 29.3 Å². The van der Waals surface area contributed by atoms with Crippen LogP contribution in [-0.4, -0.2) is 34.7 Å². The maximum absolute atomic E-state index is 14.0. The maximum atomic E-state index is 14.0. The number of nitrogens with zero attached hydrogens (tertiary/aromatic N) is 2. The van der Waals surface area contributed by atoms with Crippen LogP contribution in [0.3, 0.4) is 0 Å². The van der Waals surface area contributed by atoms with Gasteiger partial charge in [-0.3, -0.25) is 0 Å². The molecular weight excluding hydrogens is 286 g/mol. The summed E-state index contributed by atoms with van der Waals surface area (Å²) in [5.74, 6) is 0.0311. The molecule has 0 saturated carbocycles. The lowest BCUT2D eigenvalue weighted by Crippen LogP contribution is -2.41. The Morgan fingerprint density at radius 3 is 2.79 bits per heavy atom. The predicted molar refractivity (Wildman–Crippen MR) is 78.7 cm³/mol. The lowest BCUT2D eigenvalue weighted by molar-refractivity contribution is 0.442. The van der Waals surface area contributed by atoms with Crippen LogP contribution in [0.4, 0.5) is 14.5 Å². The summed E-state index contributed by atoms with van der Waals surface area (Å²) in [6.07, 6.45) is 1.66. The summed E-state index contributed by atoms with van der Waals surface area (Å²) in [4.78, 5) is 4.06. The molecule has 0 atom stereocenters. The van der Waals surface area contributed by atoms with Crippen molar-refractivity contribution < 1.29 is 8.78 Å². The number of benzene rings is 1. The average molecular weight is 300 g/mol. The van der Waals surface area contributed by atoms with Crippen molar-refractivity contribution in [2.45, 2.75) is 12.8 Å². The molecule has 0 aliphatic carbocycles. The van der Waals surface area contributed by atoms with Crippen molar-refractivity contribution in [3.8, 4) is 0 Å². The summed E-state index contributed by atoms with van der Waals surface area (Å²) in [5.41, 5.74) is 1.31. The summed E-state index contributed by atoms with van der Waals surface area (Å²) in [7, 11) is 0. The summed E-state index contributed by atoms with van der Waals surface area (Å²) < 4.78 is 28.1. The summed E-state index contributed by atoms with van der Waals surface area (Å²) in [5, 5.41) is 0. The molecule has 2 heterocycles. The zero-order valence-electron chi connectivity index (χ0n) is 10.4. The highest BCUT2D eigenvalue weighted by Crippen LogP contribution is 2.32. The molecule has 0 N–H and O–H groups in total. The second-order valence-corrected chi connectivity index (χ2v) is 6.51. The zero-order valence-corrected chi connectivity index (χ0v) is 12.0. The molecular formula is C13H14F2N2S2. The molecule has 6 heteroatoms. The largest absolute Gasteiger partial charge is 0.351 e. The third-order valence-corrected chi connectivity index (χ3v) is 4.99. The van der Waals surface area contributed by atoms with E-state index in [1.54, 1.807) is 11.8 Å². The fourth-order valence-electron chi connectivity index (χ4n) is 2.64. The quantitative estimate of drug-likeness (QED) is 0.774. The van der Waals surface area contributed by atoms with Crippen LogP contribution in [0.25, 0.3) is 0 Å². The second-order valence-electron chi connectivity index (χ2n) is 4.78. The molecule has 2 aliphatic rings. The van der Waals surface area contributed by atoms with Crippen LogP contribution in [0.5, 0.6) is 0 Å². The highest BCUT2D eigenvalue weighted by molar-refractivity contribution is 8.23. The number of thioether (sulfide) groups is 1. The Labute approximate surface area is 120 Å². The van der Waals surface area contributed by atoms with Gasteiger partial charge in [-0.25, -0.2) is 8.78 Å². The van der Waals surface area contributed by atoms with Crippen LogP contribution in [0, 0.1) is 11.6 Å². The first-order chi connectivity index (χ1) is 9.15. The molecule has 3 rings (SSSR count). The second kappa shape index (κ2) is 5.25. The molecule has 1 aromatic rings. The minimum Gasteiger partial charge on any atom is -0.351 e. The lowest BCUT2D eigenvalue weighted by Gasteiger charge is -2.35. The van der Waals surface area contributed by atoms with Crippen LogP contribution >= 0.6 is 24.0 Å². The molecule has 1 aromatic carbocycles. The van der Waals surface area contributed by atoms with Crippen molar-refractivity contribution in [1.82, 2.24) is 4.90 Å². The lowest BCUT2D eigenvalue weighted by atomic mass is 10.0. The number of thiocarbonyl (C=S) groups is 1. The fraction of sp³-hybridized carbons (Fsp3) is 0.462. The Morgan fingerprint density at radius 1 is 1.21 bits per heavy atom. The van der Waals surface area contributed by atoms with Crippen LogP contribution in [0.2, 0.25) is 0 Å². The number of aryl methyl sites for hydroxylation is 1. The minimum atomic E-state index is -0.495. The van der Waals surface area contributed by atoms with Gasteiger partial charge >= 0.3 is 0 Å². The van der Waals surface area contributed by atoms with Crippen LogP contribution < -0.4 is 4.90 Å². The highest BCUT2D eigenvalue weighted by atomic mass is 32.2. The molecule has 0 spiro atoms. The summed E-state index contributed by atoms with van der Waals surface area (Å²) >= 11 is 6.93. The molecule has 0 radical (unpaired) electrons. The van der Waals surface area contributed by atoms with Gasteiger partial charge in [-0.1, -0.05) is 24.0 Å². The van der Waals surface area contributed by atoms with Crippen LogP contribution in [-0.2, 0) is 6.42 Å². The smallest absolute Gasteiger partial charge is 0.149 e. The normalized spacial score (nSPS) is 18.9. The number of halogens is 2. The molecule has 0 bridgehead atoms. The fourth-order valence-corrected chi connectivity index (χ4v) is 3.85. The number of rotatable bonds is 2. The van der Waals surface area contributed by atoms with Crippen LogP contribution in [0.15, 0.2) is 12.1 Å². The first kappa shape index (κ1) is 13.1.